The molecule has 0 heterocycles. The predicted molar refractivity (Wildman–Crippen MR) is 66.8 cm³/mol. The quantitative estimate of drug-likeness (QED) is 0.817. The van der Waals surface area contributed by atoms with Gasteiger partial charge in [-0.15, -0.1) is 0 Å². The number of hydrogen-bond donors (Lipinski definition) is 2. The average Bonchev–Trinajstić information content (AvgIpc) is 2.41. The van der Waals surface area contributed by atoms with Gasteiger partial charge in [0.05, 0.1) is 11.1 Å². The zero-order valence-electron chi connectivity index (χ0n) is 9.80. The Balaban J connectivity index is 0.000000324. The van der Waals surface area contributed by atoms with E-state index in [4.69, 9.17) is 10.2 Å². The standard InChI is InChI=1S/2C7H6O2.Pd/c2*8-7(9)6-4-2-1-3-5-6;/h2*1-5H,(H,8,9);. The number of aromatic carboxylic acids is 2. The summed E-state index contributed by atoms with van der Waals surface area (Å²) in [7, 11) is 0. The first-order valence-corrected chi connectivity index (χ1v) is 5.18. The van der Waals surface area contributed by atoms with Crippen LogP contribution in [0.4, 0.5) is 0 Å². The van der Waals surface area contributed by atoms with Crippen LogP contribution < -0.4 is 0 Å². The van der Waals surface area contributed by atoms with Crippen LogP contribution in [0.2, 0.25) is 0 Å². The molecule has 102 valence electrons. The van der Waals surface area contributed by atoms with E-state index in [-0.39, 0.29) is 20.4 Å². The maximum atomic E-state index is 10.2. The van der Waals surface area contributed by atoms with Crippen molar-refractivity contribution in [2.24, 2.45) is 0 Å². The number of hydrogen-bond acceptors (Lipinski definition) is 2. The first-order chi connectivity index (χ1) is 8.61. The molecule has 0 aliphatic heterocycles. The molecule has 0 radical (unpaired) electrons. The third-order valence-corrected chi connectivity index (χ3v) is 2.04. The van der Waals surface area contributed by atoms with Gasteiger partial charge in [-0.2, -0.15) is 0 Å². The van der Waals surface area contributed by atoms with Gasteiger partial charge in [-0.25, -0.2) is 9.59 Å². The minimum Gasteiger partial charge on any atom is -0.478 e. The SMILES string of the molecule is O=C(O)c1ccccc1.O=C(O)c1ccccc1.[Pd]. The van der Waals surface area contributed by atoms with Crippen LogP contribution in [0, 0.1) is 0 Å². The molecule has 2 aromatic rings. The Bertz CT molecular complexity index is 462. The normalized spacial score (nSPS) is 8.42. The summed E-state index contributed by atoms with van der Waals surface area (Å²) in [5, 5.41) is 16.8. The Hall–Kier alpha value is -1.96. The van der Waals surface area contributed by atoms with E-state index in [9.17, 15) is 9.59 Å². The molecule has 5 heteroatoms. The van der Waals surface area contributed by atoms with Gasteiger partial charge in [0.1, 0.15) is 0 Å². The number of benzene rings is 2. The molecular formula is C14H12O4Pd. The molecule has 2 rings (SSSR count). The molecule has 0 unspecified atom stereocenters. The minimum absolute atomic E-state index is 0. The fraction of sp³-hybridized carbons (Fsp3) is 0. The largest absolute Gasteiger partial charge is 0.478 e. The van der Waals surface area contributed by atoms with Crippen LogP contribution in [0.5, 0.6) is 0 Å². The molecule has 0 atom stereocenters. The van der Waals surface area contributed by atoms with E-state index in [1.165, 1.54) is 0 Å². The summed E-state index contributed by atoms with van der Waals surface area (Å²) in [5.41, 5.74) is 0.662. The smallest absolute Gasteiger partial charge is 0.335 e. The van der Waals surface area contributed by atoms with Crippen LogP contribution in [0.15, 0.2) is 60.7 Å². The molecule has 19 heavy (non-hydrogen) atoms. The van der Waals surface area contributed by atoms with Crippen molar-refractivity contribution in [2.45, 2.75) is 0 Å². The second-order valence-corrected chi connectivity index (χ2v) is 3.34. The molecule has 0 spiro atoms. The van der Waals surface area contributed by atoms with E-state index in [2.05, 4.69) is 0 Å². The first-order valence-electron chi connectivity index (χ1n) is 5.18. The van der Waals surface area contributed by atoms with Gasteiger partial charge in [-0.3, -0.25) is 0 Å². The molecule has 0 aliphatic rings. The van der Waals surface area contributed by atoms with E-state index in [0.29, 0.717) is 11.1 Å². The van der Waals surface area contributed by atoms with Crippen molar-refractivity contribution in [3.63, 3.8) is 0 Å². The maximum Gasteiger partial charge on any atom is 0.335 e. The minimum atomic E-state index is -0.879. The van der Waals surface area contributed by atoms with Crippen molar-refractivity contribution in [1.82, 2.24) is 0 Å². The van der Waals surface area contributed by atoms with Crippen molar-refractivity contribution >= 4 is 11.9 Å². The van der Waals surface area contributed by atoms with Crippen molar-refractivity contribution in [1.29, 1.82) is 0 Å². The molecule has 4 nitrogen and oxygen atoms in total. The number of carboxylic acid groups (broad SMARTS) is 2. The van der Waals surface area contributed by atoms with E-state index >= 15 is 0 Å². The Morgan fingerprint density at radius 3 is 1.05 bits per heavy atom. The van der Waals surface area contributed by atoms with Gasteiger partial charge in [-0.1, -0.05) is 36.4 Å². The second-order valence-electron chi connectivity index (χ2n) is 3.34. The molecule has 0 aromatic heterocycles. The number of carbonyl (C=O) groups is 2. The Morgan fingerprint density at radius 1 is 0.632 bits per heavy atom. The summed E-state index contributed by atoms with van der Waals surface area (Å²) in [5.74, 6) is -1.76. The maximum absolute atomic E-state index is 10.2. The summed E-state index contributed by atoms with van der Waals surface area (Å²) in [4.78, 5) is 20.4. The fourth-order valence-corrected chi connectivity index (χ4v) is 1.16. The Morgan fingerprint density at radius 2 is 0.895 bits per heavy atom. The molecule has 0 saturated carbocycles. The van der Waals surface area contributed by atoms with Crippen LogP contribution in [-0.2, 0) is 20.4 Å². The van der Waals surface area contributed by atoms with Crippen LogP contribution in [0.3, 0.4) is 0 Å². The summed E-state index contributed by atoms with van der Waals surface area (Å²) < 4.78 is 0. The van der Waals surface area contributed by atoms with E-state index in [0.717, 1.165) is 0 Å². The van der Waals surface area contributed by atoms with Crippen LogP contribution in [-0.4, -0.2) is 22.2 Å². The third-order valence-electron chi connectivity index (χ3n) is 2.04. The summed E-state index contributed by atoms with van der Waals surface area (Å²) in [6, 6.07) is 16.6. The van der Waals surface area contributed by atoms with Gasteiger partial charge in [0.25, 0.3) is 0 Å². The molecule has 0 bridgehead atoms. The number of rotatable bonds is 2. The third kappa shape index (κ3) is 6.51. The average molecular weight is 351 g/mol. The van der Waals surface area contributed by atoms with Crippen molar-refractivity contribution < 1.29 is 40.2 Å². The van der Waals surface area contributed by atoms with Crippen LogP contribution in [0.25, 0.3) is 0 Å². The van der Waals surface area contributed by atoms with E-state index in [1.807, 2.05) is 0 Å². The summed E-state index contributed by atoms with van der Waals surface area (Å²) >= 11 is 0. The molecule has 2 aromatic carbocycles. The second kappa shape index (κ2) is 9.04. The first kappa shape index (κ1) is 17.0. The van der Waals surface area contributed by atoms with Crippen LogP contribution >= 0.6 is 0 Å². The van der Waals surface area contributed by atoms with Crippen molar-refractivity contribution in [3.8, 4) is 0 Å². The van der Waals surface area contributed by atoms with Gasteiger partial charge >= 0.3 is 11.9 Å². The molecule has 2 N–H and O–H groups in total. The topological polar surface area (TPSA) is 74.6 Å². The Labute approximate surface area is 124 Å². The molecular weight excluding hydrogens is 339 g/mol. The molecule has 0 aliphatic carbocycles. The van der Waals surface area contributed by atoms with E-state index < -0.39 is 11.9 Å². The molecule has 0 amide bonds. The van der Waals surface area contributed by atoms with Gasteiger partial charge in [0, 0.05) is 20.4 Å². The van der Waals surface area contributed by atoms with Crippen molar-refractivity contribution in [3.05, 3.63) is 71.8 Å². The zero-order valence-corrected chi connectivity index (χ0v) is 11.4. The summed E-state index contributed by atoms with van der Waals surface area (Å²) in [6.45, 7) is 0. The van der Waals surface area contributed by atoms with Crippen molar-refractivity contribution in [2.75, 3.05) is 0 Å². The van der Waals surface area contributed by atoms with Gasteiger partial charge in [-0.05, 0) is 24.3 Å². The van der Waals surface area contributed by atoms with E-state index in [1.54, 1.807) is 60.7 Å². The van der Waals surface area contributed by atoms with Gasteiger partial charge < -0.3 is 10.2 Å². The molecule has 0 fully saturated rings. The Kier molecular flexibility index (Phi) is 8.11. The predicted octanol–water partition coefficient (Wildman–Crippen LogP) is 2.77. The molecule has 0 saturated heterocycles. The van der Waals surface area contributed by atoms with Gasteiger partial charge in [0.2, 0.25) is 0 Å². The zero-order chi connectivity index (χ0) is 13.4. The monoisotopic (exact) mass is 350 g/mol. The van der Waals surface area contributed by atoms with Crippen LogP contribution in [0.1, 0.15) is 20.7 Å². The van der Waals surface area contributed by atoms with Gasteiger partial charge in [0.15, 0.2) is 0 Å². The fourth-order valence-electron chi connectivity index (χ4n) is 1.16. The summed E-state index contributed by atoms with van der Waals surface area (Å²) in [6.07, 6.45) is 0. The number of carboxylic acids is 2.